The summed E-state index contributed by atoms with van der Waals surface area (Å²) in [5, 5.41) is 0. The Morgan fingerprint density at radius 2 is 2.07 bits per heavy atom. The van der Waals surface area contributed by atoms with E-state index in [1.807, 2.05) is 11.1 Å². The van der Waals surface area contributed by atoms with Crippen molar-refractivity contribution in [1.82, 2.24) is 0 Å². The van der Waals surface area contributed by atoms with E-state index in [0.29, 0.717) is 10.8 Å². The molecule has 4 unspecified atom stereocenters. The van der Waals surface area contributed by atoms with Gasteiger partial charge in [-0.25, -0.2) is 0 Å². The molecule has 0 aromatic rings. The van der Waals surface area contributed by atoms with Crippen molar-refractivity contribution in [1.29, 1.82) is 0 Å². The van der Waals surface area contributed by atoms with Crippen LogP contribution in [-0.2, 0) is 0 Å². The van der Waals surface area contributed by atoms with Crippen LogP contribution >= 0.6 is 0 Å². The van der Waals surface area contributed by atoms with E-state index in [9.17, 15) is 0 Å². The lowest BCUT2D eigenvalue weighted by molar-refractivity contribution is 0.178. The lowest BCUT2D eigenvalue weighted by Crippen LogP contribution is -2.30. The largest absolute Gasteiger partial charge is 0.0696 e. The van der Waals surface area contributed by atoms with Gasteiger partial charge in [-0.15, -0.1) is 0 Å². The molecule has 0 heterocycles. The molecule has 0 aliphatic heterocycles. The summed E-state index contributed by atoms with van der Waals surface area (Å²) < 4.78 is 0. The Labute approximate surface area is 86.8 Å². The van der Waals surface area contributed by atoms with Crippen molar-refractivity contribution >= 4 is 0 Å². The van der Waals surface area contributed by atoms with Gasteiger partial charge < -0.3 is 0 Å². The Hall–Kier alpha value is -0.260. The van der Waals surface area contributed by atoms with E-state index >= 15 is 0 Å². The first-order valence-electron chi connectivity index (χ1n) is 6.35. The Bertz CT molecular complexity index is 351. The Morgan fingerprint density at radius 1 is 1.21 bits per heavy atom. The van der Waals surface area contributed by atoms with Crippen molar-refractivity contribution in [3.8, 4) is 0 Å². The average molecular weight is 188 g/mol. The summed E-state index contributed by atoms with van der Waals surface area (Å²) in [6, 6.07) is 0. The third-order valence-electron chi connectivity index (χ3n) is 5.96. The van der Waals surface area contributed by atoms with Gasteiger partial charge in [0.05, 0.1) is 0 Å². The number of hydrogen-bond donors (Lipinski definition) is 0. The van der Waals surface area contributed by atoms with Gasteiger partial charge in [0.25, 0.3) is 0 Å². The summed E-state index contributed by atoms with van der Waals surface area (Å²) in [5.41, 5.74) is 5.26. The smallest absolute Gasteiger partial charge is 0.0108 e. The SMILES string of the molecule is CC12CCC(C1)C1C2=C2CCC1(C)C2. The molecule has 0 N–H and O–H groups in total. The van der Waals surface area contributed by atoms with Crippen LogP contribution in [-0.4, -0.2) is 0 Å². The molecule has 3 saturated carbocycles. The summed E-state index contributed by atoms with van der Waals surface area (Å²) >= 11 is 0. The van der Waals surface area contributed by atoms with Crippen molar-refractivity contribution in [2.24, 2.45) is 22.7 Å². The van der Waals surface area contributed by atoms with Gasteiger partial charge >= 0.3 is 0 Å². The van der Waals surface area contributed by atoms with Crippen LogP contribution in [0.4, 0.5) is 0 Å². The molecule has 14 heavy (non-hydrogen) atoms. The molecule has 0 aromatic carbocycles. The zero-order valence-corrected chi connectivity index (χ0v) is 9.40. The minimum Gasteiger partial charge on any atom is -0.0696 e. The second-order valence-corrected chi connectivity index (χ2v) is 6.89. The number of allylic oxidation sites excluding steroid dienone is 2. The van der Waals surface area contributed by atoms with Gasteiger partial charge in [-0.2, -0.15) is 0 Å². The highest BCUT2D eigenvalue weighted by atomic mass is 14.7. The van der Waals surface area contributed by atoms with Crippen LogP contribution in [0.15, 0.2) is 11.1 Å². The molecule has 0 spiro atoms. The maximum atomic E-state index is 2.57. The van der Waals surface area contributed by atoms with Gasteiger partial charge in [0, 0.05) is 0 Å². The maximum absolute atomic E-state index is 2.57. The lowest BCUT2D eigenvalue weighted by Gasteiger charge is -2.39. The molecule has 3 fully saturated rings. The molecule has 0 nitrogen and oxygen atoms in total. The predicted octanol–water partition coefficient (Wildman–Crippen LogP) is 3.92. The van der Waals surface area contributed by atoms with E-state index in [0.717, 1.165) is 11.8 Å². The van der Waals surface area contributed by atoms with Crippen molar-refractivity contribution in [2.45, 2.75) is 52.4 Å². The molecule has 76 valence electrons. The molecule has 4 aliphatic carbocycles. The van der Waals surface area contributed by atoms with Crippen LogP contribution in [0.3, 0.4) is 0 Å². The standard InChI is InChI=1S/C14H20/c1-13-5-3-9(7-13)12-11(13)10-4-6-14(12,2)8-10/h9,12H,3-8H2,1-2H3. The Balaban J connectivity index is 1.94. The summed E-state index contributed by atoms with van der Waals surface area (Å²) in [5.74, 6) is 2.11. The molecule has 4 bridgehead atoms. The molecular weight excluding hydrogens is 168 g/mol. The van der Waals surface area contributed by atoms with Gasteiger partial charge in [0.2, 0.25) is 0 Å². The summed E-state index contributed by atoms with van der Waals surface area (Å²) in [4.78, 5) is 0. The number of fused-ring (bicyclic) bond motifs is 8. The molecule has 0 saturated heterocycles. The third kappa shape index (κ3) is 0.647. The third-order valence-corrected chi connectivity index (χ3v) is 5.96. The van der Waals surface area contributed by atoms with Gasteiger partial charge in [-0.3, -0.25) is 0 Å². The summed E-state index contributed by atoms with van der Waals surface area (Å²) in [7, 11) is 0. The fourth-order valence-electron chi connectivity index (χ4n) is 5.59. The highest BCUT2D eigenvalue weighted by Crippen LogP contribution is 2.73. The van der Waals surface area contributed by atoms with E-state index < -0.39 is 0 Å². The van der Waals surface area contributed by atoms with E-state index in [4.69, 9.17) is 0 Å². The zero-order chi connectivity index (χ0) is 9.55. The van der Waals surface area contributed by atoms with E-state index in [2.05, 4.69) is 13.8 Å². The average Bonchev–Trinajstić information content (AvgIpc) is 2.78. The quantitative estimate of drug-likeness (QED) is 0.505. The summed E-state index contributed by atoms with van der Waals surface area (Å²) in [6.45, 7) is 5.13. The van der Waals surface area contributed by atoms with Gasteiger partial charge in [-0.1, -0.05) is 25.0 Å². The monoisotopic (exact) mass is 188 g/mol. The molecule has 0 radical (unpaired) electrons. The minimum absolute atomic E-state index is 0.669. The van der Waals surface area contributed by atoms with Crippen LogP contribution in [0, 0.1) is 22.7 Å². The second kappa shape index (κ2) is 1.99. The van der Waals surface area contributed by atoms with Crippen molar-refractivity contribution in [2.75, 3.05) is 0 Å². The first-order valence-corrected chi connectivity index (χ1v) is 6.35. The summed E-state index contributed by atoms with van der Waals surface area (Å²) in [6.07, 6.45) is 9.00. The Morgan fingerprint density at radius 3 is 2.86 bits per heavy atom. The molecule has 4 rings (SSSR count). The van der Waals surface area contributed by atoms with E-state index in [-0.39, 0.29) is 0 Å². The molecular formula is C14H20. The first-order chi connectivity index (χ1) is 6.62. The lowest BCUT2D eigenvalue weighted by atomic mass is 9.66. The van der Waals surface area contributed by atoms with Crippen molar-refractivity contribution in [3.05, 3.63) is 11.1 Å². The second-order valence-electron chi connectivity index (χ2n) is 6.89. The number of rotatable bonds is 0. The number of hydrogen-bond acceptors (Lipinski definition) is 0. The molecule has 0 heteroatoms. The first kappa shape index (κ1) is 7.96. The van der Waals surface area contributed by atoms with E-state index in [1.165, 1.54) is 38.5 Å². The predicted molar refractivity (Wildman–Crippen MR) is 57.9 cm³/mol. The van der Waals surface area contributed by atoms with Crippen molar-refractivity contribution in [3.63, 3.8) is 0 Å². The van der Waals surface area contributed by atoms with Crippen LogP contribution in [0.2, 0.25) is 0 Å². The van der Waals surface area contributed by atoms with Crippen LogP contribution in [0.25, 0.3) is 0 Å². The fourth-order valence-corrected chi connectivity index (χ4v) is 5.59. The van der Waals surface area contributed by atoms with Crippen LogP contribution < -0.4 is 0 Å². The van der Waals surface area contributed by atoms with Crippen molar-refractivity contribution < 1.29 is 0 Å². The molecule has 4 aliphatic rings. The van der Waals surface area contributed by atoms with Gasteiger partial charge in [0.15, 0.2) is 0 Å². The molecule has 0 aromatic heterocycles. The van der Waals surface area contributed by atoms with Crippen LogP contribution in [0.1, 0.15) is 52.4 Å². The van der Waals surface area contributed by atoms with Gasteiger partial charge in [0.1, 0.15) is 0 Å². The van der Waals surface area contributed by atoms with E-state index in [1.54, 1.807) is 0 Å². The van der Waals surface area contributed by atoms with Crippen LogP contribution in [0.5, 0.6) is 0 Å². The Kier molecular flexibility index (Phi) is 1.13. The zero-order valence-electron chi connectivity index (χ0n) is 9.40. The normalized spacial score (nSPS) is 58.7. The van der Waals surface area contributed by atoms with Gasteiger partial charge in [-0.05, 0) is 61.2 Å². The topological polar surface area (TPSA) is 0 Å². The highest BCUT2D eigenvalue weighted by Gasteiger charge is 2.62. The maximum Gasteiger partial charge on any atom is -0.0108 e. The molecule has 0 amide bonds. The molecule has 4 atom stereocenters. The minimum atomic E-state index is 0.669. The highest BCUT2D eigenvalue weighted by molar-refractivity contribution is 5.42. The fraction of sp³-hybridized carbons (Fsp3) is 0.857.